The van der Waals surface area contributed by atoms with Crippen LogP contribution in [0.3, 0.4) is 0 Å². The van der Waals surface area contributed by atoms with Crippen molar-refractivity contribution in [2.24, 2.45) is 0 Å². The van der Waals surface area contributed by atoms with E-state index >= 15 is 0 Å². The number of halogens is 1. The quantitative estimate of drug-likeness (QED) is 0.774. The largest absolute Gasteiger partial charge is 0.379 e. The minimum absolute atomic E-state index is 0.288. The maximum Gasteiger partial charge on any atom is 0.246 e. The highest BCUT2D eigenvalue weighted by Crippen LogP contribution is 2.26. The van der Waals surface area contributed by atoms with Crippen molar-refractivity contribution in [1.82, 2.24) is 19.5 Å². The predicted molar refractivity (Wildman–Crippen MR) is 93.1 cm³/mol. The summed E-state index contributed by atoms with van der Waals surface area (Å²) < 4.78 is 21.5. The van der Waals surface area contributed by atoms with Crippen LogP contribution in [0.5, 0.6) is 0 Å². The molecular weight excluding hydrogens is 337 g/mol. The molecule has 1 aliphatic heterocycles. The zero-order chi connectivity index (χ0) is 17.9. The summed E-state index contributed by atoms with van der Waals surface area (Å²) in [4.78, 5) is 15.0. The first kappa shape index (κ1) is 16.6. The Morgan fingerprint density at radius 1 is 1.19 bits per heavy atom. The Kier molecular flexibility index (Phi) is 4.59. The van der Waals surface area contributed by atoms with Gasteiger partial charge in [-0.25, -0.2) is 4.39 Å². The molecule has 26 heavy (non-hydrogen) atoms. The molecule has 0 saturated carbocycles. The van der Waals surface area contributed by atoms with Crippen molar-refractivity contribution in [3.63, 3.8) is 0 Å². The highest BCUT2D eigenvalue weighted by molar-refractivity contribution is 5.95. The molecule has 3 aromatic rings. The second-order valence-corrected chi connectivity index (χ2v) is 6.08. The van der Waals surface area contributed by atoms with Gasteiger partial charge in [0.1, 0.15) is 18.2 Å². The van der Waals surface area contributed by atoms with Crippen LogP contribution in [0.4, 0.5) is 10.1 Å². The van der Waals surface area contributed by atoms with Gasteiger partial charge in [0.2, 0.25) is 5.91 Å². The SMILES string of the molecule is O=C(Nc1ccc2nncn2c1)C(c1ccccc1F)N1CCOCC1. The molecular formula is C18H18FN5O2. The molecule has 1 aliphatic rings. The minimum Gasteiger partial charge on any atom is -0.379 e. The van der Waals surface area contributed by atoms with Crippen LogP contribution in [0.25, 0.3) is 5.65 Å². The summed E-state index contributed by atoms with van der Waals surface area (Å²) in [6.07, 6.45) is 3.28. The van der Waals surface area contributed by atoms with E-state index in [1.54, 1.807) is 47.3 Å². The maximum absolute atomic E-state index is 14.4. The first-order valence-corrected chi connectivity index (χ1v) is 8.39. The second-order valence-electron chi connectivity index (χ2n) is 6.08. The third-order valence-electron chi connectivity index (χ3n) is 4.42. The van der Waals surface area contributed by atoms with Crippen LogP contribution in [0, 0.1) is 5.82 Å². The van der Waals surface area contributed by atoms with Crippen molar-refractivity contribution in [3.8, 4) is 0 Å². The van der Waals surface area contributed by atoms with Crippen molar-refractivity contribution in [2.75, 3.05) is 31.6 Å². The van der Waals surface area contributed by atoms with Gasteiger partial charge < -0.3 is 10.1 Å². The molecule has 134 valence electrons. The zero-order valence-corrected chi connectivity index (χ0v) is 14.0. The van der Waals surface area contributed by atoms with Crippen LogP contribution in [-0.2, 0) is 9.53 Å². The smallest absolute Gasteiger partial charge is 0.246 e. The van der Waals surface area contributed by atoms with Gasteiger partial charge >= 0.3 is 0 Å². The predicted octanol–water partition coefficient (Wildman–Crippen LogP) is 1.88. The highest BCUT2D eigenvalue weighted by atomic mass is 19.1. The number of aromatic nitrogens is 3. The van der Waals surface area contributed by atoms with Gasteiger partial charge in [0.05, 0.1) is 18.9 Å². The third kappa shape index (κ3) is 3.29. The average Bonchev–Trinajstić information content (AvgIpc) is 3.12. The first-order valence-electron chi connectivity index (χ1n) is 8.39. The fraction of sp³-hybridized carbons (Fsp3) is 0.278. The Morgan fingerprint density at radius 3 is 2.81 bits per heavy atom. The number of nitrogens with zero attached hydrogens (tertiary/aromatic N) is 4. The Labute approximate surface area is 149 Å². The first-order chi connectivity index (χ1) is 12.7. The van der Waals surface area contributed by atoms with Gasteiger partial charge in [-0.3, -0.25) is 14.1 Å². The van der Waals surface area contributed by atoms with E-state index in [9.17, 15) is 9.18 Å². The number of benzene rings is 1. The average molecular weight is 355 g/mol. The number of carbonyl (C=O) groups is 1. The summed E-state index contributed by atoms with van der Waals surface area (Å²) in [5.41, 5.74) is 1.64. The van der Waals surface area contributed by atoms with E-state index in [4.69, 9.17) is 4.74 Å². The van der Waals surface area contributed by atoms with Gasteiger partial charge in [0.25, 0.3) is 0 Å². The summed E-state index contributed by atoms with van der Waals surface area (Å²) in [5.74, 6) is -0.683. The lowest BCUT2D eigenvalue weighted by molar-refractivity contribution is -0.123. The van der Waals surface area contributed by atoms with E-state index in [-0.39, 0.29) is 5.91 Å². The topological polar surface area (TPSA) is 71.8 Å². The van der Waals surface area contributed by atoms with E-state index in [2.05, 4.69) is 15.5 Å². The molecule has 1 aromatic carbocycles. The lowest BCUT2D eigenvalue weighted by Crippen LogP contribution is -2.44. The van der Waals surface area contributed by atoms with E-state index in [1.807, 2.05) is 4.90 Å². The molecule has 2 aromatic heterocycles. The molecule has 0 bridgehead atoms. The fourth-order valence-electron chi connectivity index (χ4n) is 3.15. The van der Waals surface area contributed by atoms with Crippen molar-refractivity contribution in [2.45, 2.75) is 6.04 Å². The van der Waals surface area contributed by atoms with Crippen LogP contribution in [0.1, 0.15) is 11.6 Å². The van der Waals surface area contributed by atoms with Gasteiger partial charge in [-0.05, 0) is 18.2 Å². The summed E-state index contributed by atoms with van der Waals surface area (Å²) >= 11 is 0. The summed E-state index contributed by atoms with van der Waals surface area (Å²) in [7, 11) is 0. The number of anilines is 1. The molecule has 7 nitrogen and oxygen atoms in total. The number of pyridine rings is 1. The lowest BCUT2D eigenvalue weighted by atomic mass is 10.0. The molecule has 3 heterocycles. The van der Waals surface area contributed by atoms with Gasteiger partial charge in [0, 0.05) is 24.8 Å². The zero-order valence-electron chi connectivity index (χ0n) is 14.0. The highest BCUT2D eigenvalue weighted by Gasteiger charge is 2.31. The summed E-state index contributed by atoms with van der Waals surface area (Å²) in [6.45, 7) is 2.17. The molecule has 1 amide bonds. The summed E-state index contributed by atoms with van der Waals surface area (Å²) in [6, 6.07) is 9.17. The number of fused-ring (bicyclic) bond motifs is 1. The van der Waals surface area contributed by atoms with Gasteiger partial charge in [0.15, 0.2) is 5.65 Å². The second kappa shape index (κ2) is 7.19. The molecule has 1 fully saturated rings. The van der Waals surface area contributed by atoms with Crippen molar-refractivity contribution < 1.29 is 13.9 Å². The molecule has 1 unspecified atom stereocenters. The normalized spacial score (nSPS) is 16.5. The van der Waals surface area contributed by atoms with Crippen LogP contribution in [0.15, 0.2) is 48.9 Å². The van der Waals surface area contributed by atoms with Crippen LogP contribution < -0.4 is 5.32 Å². The number of nitrogens with one attached hydrogen (secondary N) is 1. The van der Waals surface area contributed by atoms with Gasteiger partial charge in [-0.15, -0.1) is 10.2 Å². The van der Waals surface area contributed by atoms with E-state index in [0.29, 0.717) is 43.2 Å². The molecule has 8 heteroatoms. The number of amides is 1. The van der Waals surface area contributed by atoms with Gasteiger partial charge in [-0.1, -0.05) is 18.2 Å². The van der Waals surface area contributed by atoms with E-state index < -0.39 is 11.9 Å². The maximum atomic E-state index is 14.4. The number of carbonyl (C=O) groups excluding carboxylic acids is 1. The van der Waals surface area contributed by atoms with E-state index in [0.717, 1.165) is 0 Å². The molecule has 1 saturated heterocycles. The number of ether oxygens (including phenoxy) is 1. The van der Waals surface area contributed by atoms with Crippen molar-refractivity contribution in [1.29, 1.82) is 0 Å². The minimum atomic E-state index is -0.725. The Balaban J connectivity index is 1.63. The Hall–Kier alpha value is -2.84. The molecule has 0 spiro atoms. The Morgan fingerprint density at radius 2 is 2.00 bits per heavy atom. The molecule has 1 N–H and O–H groups in total. The monoisotopic (exact) mass is 355 g/mol. The summed E-state index contributed by atoms with van der Waals surface area (Å²) in [5, 5.41) is 10.6. The molecule has 4 rings (SSSR count). The number of rotatable bonds is 4. The lowest BCUT2D eigenvalue weighted by Gasteiger charge is -2.33. The third-order valence-corrected chi connectivity index (χ3v) is 4.42. The van der Waals surface area contributed by atoms with Crippen LogP contribution >= 0.6 is 0 Å². The standard InChI is InChI=1S/C18H18FN5O2/c19-15-4-2-1-3-14(15)17(23-7-9-26-10-8-23)18(25)21-13-5-6-16-22-20-12-24(16)11-13/h1-6,11-12,17H,7-10H2,(H,21,25). The van der Waals surface area contributed by atoms with E-state index in [1.165, 1.54) is 6.07 Å². The molecule has 1 atom stereocenters. The fourth-order valence-corrected chi connectivity index (χ4v) is 3.15. The van der Waals surface area contributed by atoms with Gasteiger partial charge in [-0.2, -0.15) is 0 Å². The number of hydrogen-bond acceptors (Lipinski definition) is 5. The number of morpholine rings is 1. The van der Waals surface area contributed by atoms with Crippen molar-refractivity contribution >= 4 is 17.2 Å². The van der Waals surface area contributed by atoms with Crippen LogP contribution in [-0.4, -0.2) is 51.7 Å². The Bertz CT molecular complexity index is 923. The van der Waals surface area contributed by atoms with Crippen molar-refractivity contribution in [3.05, 3.63) is 60.3 Å². The van der Waals surface area contributed by atoms with Crippen LogP contribution in [0.2, 0.25) is 0 Å². The molecule has 0 aliphatic carbocycles. The molecule has 0 radical (unpaired) electrons. The number of hydrogen-bond donors (Lipinski definition) is 1.